The molecule has 0 fully saturated rings. The van der Waals surface area contributed by atoms with Gasteiger partial charge in [-0.05, 0) is 62.1 Å². The minimum absolute atomic E-state index is 0.324. The fourth-order valence-electron chi connectivity index (χ4n) is 4.18. The number of phenols is 1. The van der Waals surface area contributed by atoms with Crippen molar-refractivity contribution in [3.05, 3.63) is 101 Å². The van der Waals surface area contributed by atoms with E-state index in [0.29, 0.717) is 5.75 Å². The van der Waals surface area contributed by atoms with E-state index in [1.807, 2.05) is 32.0 Å². The zero-order valence-electron chi connectivity index (χ0n) is 18.0. The summed E-state index contributed by atoms with van der Waals surface area (Å²) in [7, 11) is 2.25. The third-order valence-corrected chi connectivity index (χ3v) is 5.79. The van der Waals surface area contributed by atoms with Gasteiger partial charge in [-0.15, -0.1) is 0 Å². The van der Waals surface area contributed by atoms with Gasteiger partial charge in [0.05, 0.1) is 0 Å². The van der Waals surface area contributed by atoms with Crippen LogP contribution in [0.4, 0.5) is 0 Å². The molecule has 1 N–H and O–H groups in total. The van der Waals surface area contributed by atoms with Gasteiger partial charge >= 0.3 is 0 Å². The Labute approximate surface area is 180 Å². The number of aromatic hydroxyl groups is 1. The van der Waals surface area contributed by atoms with Crippen LogP contribution in [0.25, 0.3) is 22.3 Å². The zero-order chi connectivity index (χ0) is 21.3. The molecular weight excluding hydrogens is 363 g/mol. The van der Waals surface area contributed by atoms with E-state index in [9.17, 15) is 5.11 Å². The SMILES string of the molecule is Cc1cc(O)cc(C)c1[B]c1c(C)cc(-c2ccc(-c3ccccc3)cc2)cc1C. The Morgan fingerprint density at radius 2 is 0.900 bits per heavy atom. The molecule has 0 heterocycles. The van der Waals surface area contributed by atoms with Gasteiger partial charge in [-0.1, -0.05) is 99.9 Å². The third-order valence-electron chi connectivity index (χ3n) is 5.79. The lowest BCUT2D eigenvalue weighted by Gasteiger charge is -2.16. The van der Waals surface area contributed by atoms with E-state index in [2.05, 4.69) is 81.8 Å². The van der Waals surface area contributed by atoms with Gasteiger partial charge in [-0.3, -0.25) is 0 Å². The van der Waals surface area contributed by atoms with Gasteiger partial charge in [0.1, 0.15) is 5.75 Å². The highest BCUT2D eigenvalue weighted by molar-refractivity contribution is 6.69. The first-order chi connectivity index (χ1) is 14.4. The highest BCUT2D eigenvalue weighted by atomic mass is 16.3. The Morgan fingerprint density at radius 1 is 0.500 bits per heavy atom. The number of aryl methyl sites for hydroxylation is 4. The molecule has 0 aliphatic rings. The summed E-state index contributed by atoms with van der Waals surface area (Å²) >= 11 is 0. The molecule has 30 heavy (non-hydrogen) atoms. The molecule has 2 heteroatoms. The lowest BCUT2D eigenvalue weighted by Crippen LogP contribution is -2.34. The molecule has 147 valence electrons. The normalized spacial score (nSPS) is 10.8. The van der Waals surface area contributed by atoms with Gasteiger partial charge in [0.15, 0.2) is 7.28 Å². The van der Waals surface area contributed by atoms with Gasteiger partial charge in [0, 0.05) is 0 Å². The molecule has 0 atom stereocenters. The van der Waals surface area contributed by atoms with E-state index in [4.69, 9.17) is 0 Å². The molecule has 0 saturated heterocycles. The van der Waals surface area contributed by atoms with E-state index in [-0.39, 0.29) is 0 Å². The summed E-state index contributed by atoms with van der Waals surface area (Å²) in [6.07, 6.45) is 0. The van der Waals surface area contributed by atoms with Crippen molar-refractivity contribution >= 4 is 18.2 Å². The number of phenolic OH excluding ortho intramolecular Hbond substituents is 1. The van der Waals surface area contributed by atoms with E-state index < -0.39 is 0 Å². The molecule has 0 spiro atoms. The van der Waals surface area contributed by atoms with Gasteiger partial charge in [0.25, 0.3) is 0 Å². The maximum Gasteiger partial charge on any atom is 0.192 e. The summed E-state index contributed by atoms with van der Waals surface area (Å²) in [6.45, 7) is 8.44. The Kier molecular flexibility index (Phi) is 5.50. The molecule has 0 aromatic heterocycles. The molecule has 4 rings (SSSR count). The predicted octanol–water partition coefficient (Wildman–Crippen LogP) is 5.61. The van der Waals surface area contributed by atoms with Crippen LogP contribution in [0.5, 0.6) is 5.75 Å². The van der Waals surface area contributed by atoms with Crippen LogP contribution in [-0.4, -0.2) is 12.4 Å². The molecule has 1 nitrogen and oxygen atoms in total. The van der Waals surface area contributed by atoms with E-state index in [1.54, 1.807) is 0 Å². The van der Waals surface area contributed by atoms with E-state index >= 15 is 0 Å². The maximum absolute atomic E-state index is 9.83. The van der Waals surface area contributed by atoms with Gasteiger partial charge in [-0.25, -0.2) is 0 Å². The van der Waals surface area contributed by atoms with Crippen molar-refractivity contribution in [3.63, 3.8) is 0 Å². The molecule has 0 aliphatic heterocycles. The van der Waals surface area contributed by atoms with Gasteiger partial charge in [-0.2, -0.15) is 0 Å². The second-order valence-electron chi connectivity index (χ2n) is 8.10. The van der Waals surface area contributed by atoms with Crippen LogP contribution >= 0.6 is 0 Å². The lowest BCUT2D eigenvalue weighted by atomic mass is 9.58. The fourth-order valence-corrected chi connectivity index (χ4v) is 4.18. The summed E-state index contributed by atoms with van der Waals surface area (Å²) in [5, 5.41) is 9.83. The third kappa shape index (κ3) is 4.04. The van der Waals surface area contributed by atoms with Crippen molar-refractivity contribution in [2.24, 2.45) is 0 Å². The molecule has 0 aliphatic carbocycles. The van der Waals surface area contributed by atoms with Gasteiger partial charge < -0.3 is 5.11 Å². The standard InChI is InChI=1S/C28H26BO/c1-18-14-25(24-12-10-23(11-13-24)22-8-6-5-7-9-22)15-19(2)27(18)29-28-20(3)16-26(30)17-21(28)4/h5-17,30H,1-4H3. The highest BCUT2D eigenvalue weighted by Gasteiger charge is 2.13. The fraction of sp³-hybridized carbons (Fsp3) is 0.143. The van der Waals surface area contributed by atoms with Crippen molar-refractivity contribution in [2.45, 2.75) is 27.7 Å². The quantitative estimate of drug-likeness (QED) is 0.450. The van der Waals surface area contributed by atoms with Crippen molar-refractivity contribution < 1.29 is 5.11 Å². The molecule has 4 aromatic rings. The van der Waals surface area contributed by atoms with Crippen molar-refractivity contribution in [3.8, 4) is 28.0 Å². The topological polar surface area (TPSA) is 20.2 Å². The van der Waals surface area contributed by atoms with E-state index in [0.717, 1.165) is 11.1 Å². The highest BCUT2D eigenvalue weighted by Crippen LogP contribution is 2.26. The van der Waals surface area contributed by atoms with Crippen LogP contribution in [0.2, 0.25) is 0 Å². The second kappa shape index (κ2) is 8.24. The van der Waals surface area contributed by atoms with Crippen LogP contribution in [0, 0.1) is 27.7 Å². The Hall–Kier alpha value is -3.26. The predicted molar refractivity (Wildman–Crippen MR) is 129 cm³/mol. The first-order valence-electron chi connectivity index (χ1n) is 10.3. The van der Waals surface area contributed by atoms with Crippen molar-refractivity contribution in [1.29, 1.82) is 0 Å². The molecule has 0 amide bonds. The van der Waals surface area contributed by atoms with Crippen LogP contribution in [0.3, 0.4) is 0 Å². The zero-order valence-corrected chi connectivity index (χ0v) is 18.0. The molecule has 1 radical (unpaired) electrons. The smallest absolute Gasteiger partial charge is 0.192 e. The first kappa shape index (κ1) is 20.0. The lowest BCUT2D eigenvalue weighted by molar-refractivity contribution is 0.474. The van der Waals surface area contributed by atoms with Crippen LogP contribution in [0.15, 0.2) is 78.9 Å². The summed E-state index contributed by atoms with van der Waals surface area (Å²) in [6, 6.07) is 27.4. The molecular formula is C28H26BO. The number of hydrogen-bond acceptors (Lipinski definition) is 1. The maximum atomic E-state index is 9.83. The van der Waals surface area contributed by atoms with Crippen LogP contribution < -0.4 is 10.9 Å². The largest absolute Gasteiger partial charge is 0.508 e. The van der Waals surface area contributed by atoms with Crippen molar-refractivity contribution in [1.82, 2.24) is 0 Å². The number of hydrogen-bond donors (Lipinski definition) is 1. The summed E-state index contributed by atoms with van der Waals surface area (Å²) in [5.41, 5.74) is 12.0. The number of benzene rings is 4. The molecule has 0 bridgehead atoms. The first-order valence-corrected chi connectivity index (χ1v) is 10.3. The van der Waals surface area contributed by atoms with Crippen LogP contribution in [-0.2, 0) is 0 Å². The molecule has 0 unspecified atom stereocenters. The average molecular weight is 389 g/mol. The second-order valence-corrected chi connectivity index (χ2v) is 8.10. The summed E-state index contributed by atoms with van der Waals surface area (Å²) in [5.74, 6) is 0.324. The van der Waals surface area contributed by atoms with Gasteiger partial charge in [0.2, 0.25) is 0 Å². The summed E-state index contributed by atoms with van der Waals surface area (Å²) < 4.78 is 0. The molecule has 4 aromatic carbocycles. The minimum atomic E-state index is 0.324. The van der Waals surface area contributed by atoms with E-state index in [1.165, 1.54) is 44.3 Å². The average Bonchev–Trinajstić information content (AvgIpc) is 2.73. The molecule has 0 saturated carbocycles. The van der Waals surface area contributed by atoms with Crippen molar-refractivity contribution in [2.75, 3.05) is 0 Å². The van der Waals surface area contributed by atoms with Crippen LogP contribution in [0.1, 0.15) is 22.3 Å². The monoisotopic (exact) mass is 389 g/mol. The number of rotatable bonds is 4. The summed E-state index contributed by atoms with van der Waals surface area (Å²) in [4.78, 5) is 0. The Balaban J connectivity index is 1.65. The Bertz CT molecular complexity index is 1150. The Morgan fingerprint density at radius 3 is 1.40 bits per heavy atom. The minimum Gasteiger partial charge on any atom is -0.508 e.